The largest absolute Gasteiger partial charge is 0.378 e. The van der Waals surface area contributed by atoms with Gasteiger partial charge in [0.2, 0.25) is 0 Å². The molecule has 0 saturated carbocycles. The van der Waals surface area contributed by atoms with Gasteiger partial charge in [0.25, 0.3) is 0 Å². The molecule has 0 amide bonds. The molecular formula is C8H10N4S. The Morgan fingerprint density at radius 3 is 3.08 bits per heavy atom. The summed E-state index contributed by atoms with van der Waals surface area (Å²) < 4.78 is 1.77. The Hall–Kier alpha value is -1.36. The van der Waals surface area contributed by atoms with Crippen LogP contribution in [0.3, 0.4) is 0 Å². The van der Waals surface area contributed by atoms with E-state index in [0.29, 0.717) is 0 Å². The minimum atomic E-state index is 0.816. The molecule has 0 saturated heterocycles. The van der Waals surface area contributed by atoms with E-state index in [-0.39, 0.29) is 0 Å². The summed E-state index contributed by atoms with van der Waals surface area (Å²) in [4.78, 5) is 5.22. The molecule has 68 valence electrons. The molecular weight excluding hydrogens is 184 g/mol. The van der Waals surface area contributed by atoms with Crippen molar-refractivity contribution in [1.82, 2.24) is 14.8 Å². The second kappa shape index (κ2) is 3.57. The maximum absolute atomic E-state index is 4.06. The molecule has 0 fully saturated rings. The molecule has 2 aromatic heterocycles. The predicted octanol–water partition coefficient (Wildman–Crippen LogP) is 1.49. The fraction of sp³-hybridized carbons (Fsp3) is 0.250. The summed E-state index contributed by atoms with van der Waals surface area (Å²) in [5, 5.41) is 7.31. The summed E-state index contributed by atoms with van der Waals surface area (Å²) >= 11 is 1.65. The van der Waals surface area contributed by atoms with Crippen LogP contribution in [0, 0.1) is 0 Å². The molecule has 0 aliphatic carbocycles. The van der Waals surface area contributed by atoms with E-state index in [1.54, 1.807) is 22.2 Å². The van der Waals surface area contributed by atoms with Gasteiger partial charge in [-0.2, -0.15) is 5.10 Å². The Bertz CT molecular complexity index is 365. The quantitative estimate of drug-likeness (QED) is 0.805. The lowest BCUT2D eigenvalue weighted by atomic mass is 10.5. The summed E-state index contributed by atoms with van der Waals surface area (Å²) in [6.45, 7) is 0.816. The first-order chi connectivity index (χ1) is 6.34. The van der Waals surface area contributed by atoms with E-state index in [9.17, 15) is 0 Å². The second-order valence-electron chi connectivity index (χ2n) is 2.72. The van der Waals surface area contributed by atoms with Crippen LogP contribution in [-0.4, -0.2) is 14.8 Å². The maximum atomic E-state index is 4.06. The highest BCUT2D eigenvalue weighted by Crippen LogP contribution is 2.09. The standard InChI is InChI=1S/C8H10N4S/c1-12-5-7(2-11-12)10-4-8-3-9-6-13-8/h2-3,5-6,10H,4H2,1H3. The van der Waals surface area contributed by atoms with E-state index >= 15 is 0 Å². The van der Waals surface area contributed by atoms with Gasteiger partial charge >= 0.3 is 0 Å². The third kappa shape index (κ3) is 2.06. The van der Waals surface area contributed by atoms with Gasteiger partial charge < -0.3 is 5.32 Å². The topological polar surface area (TPSA) is 42.7 Å². The van der Waals surface area contributed by atoms with Crippen LogP contribution in [0.2, 0.25) is 0 Å². The number of rotatable bonds is 3. The molecule has 0 aromatic carbocycles. The molecule has 2 aromatic rings. The van der Waals surface area contributed by atoms with Crippen molar-refractivity contribution in [3.8, 4) is 0 Å². The number of hydrogen-bond acceptors (Lipinski definition) is 4. The number of nitrogens with zero attached hydrogens (tertiary/aromatic N) is 3. The fourth-order valence-electron chi connectivity index (χ4n) is 1.03. The lowest BCUT2D eigenvalue weighted by Gasteiger charge is -1.98. The van der Waals surface area contributed by atoms with E-state index in [1.165, 1.54) is 4.88 Å². The van der Waals surface area contributed by atoms with Crippen molar-refractivity contribution >= 4 is 17.0 Å². The summed E-state index contributed by atoms with van der Waals surface area (Å²) in [6, 6.07) is 0. The number of anilines is 1. The van der Waals surface area contributed by atoms with Crippen molar-refractivity contribution in [1.29, 1.82) is 0 Å². The summed E-state index contributed by atoms with van der Waals surface area (Å²) in [7, 11) is 1.90. The van der Waals surface area contributed by atoms with Gasteiger partial charge in [-0.1, -0.05) is 0 Å². The normalized spacial score (nSPS) is 10.2. The van der Waals surface area contributed by atoms with Crippen LogP contribution in [0.5, 0.6) is 0 Å². The molecule has 0 unspecified atom stereocenters. The Labute approximate surface area is 80.2 Å². The molecule has 2 heterocycles. The minimum Gasteiger partial charge on any atom is -0.378 e. The molecule has 2 rings (SSSR count). The van der Waals surface area contributed by atoms with Crippen molar-refractivity contribution in [2.45, 2.75) is 6.54 Å². The predicted molar refractivity (Wildman–Crippen MR) is 52.6 cm³/mol. The molecule has 0 spiro atoms. The van der Waals surface area contributed by atoms with E-state index < -0.39 is 0 Å². The molecule has 0 atom stereocenters. The third-order valence-electron chi connectivity index (χ3n) is 1.66. The van der Waals surface area contributed by atoms with Gasteiger partial charge in [-0.25, -0.2) is 0 Å². The first kappa shape index (κ1) is 8.25. The zero-order chi connectivity index (χ0) is 9.10. The van der Waals surface area contributed by atoms with Gasteiger partial charge in [0.15, 0.2) is 0 Å². The lowest BCUT2D eigenvalue weighted by Crippen LogP contribution is -1.95. The Balaban J connectivity index is 1.93. The van der Waals surface area contributed by atoms with E-state index in [2.05, 4.69) is 15.4 Å². The van der Waals surface area contributed by atoms with Gasteiger partial charge in [0, 0.05) is 24.3 Å². The first-order valence-electron chi connectivity index (χ1n) is 3.94. The van der Waals surface area contributed by atoms with Crippen LogP contribution in [0.1, 0.15) is 4.88 Å². The zero-order valence-electron chi connectivity index (χ0n) is 7.27. The molecule has 1 N–H and O–H groups in total. The van der Waals surface area contributed by atoms with Crippen LogP contribution in [-0.2, 0) is 13.6 Å². The highest BCUT2D eigenvalue weighted by Gasteiger charge is 1.96. The smallest absolute Gasteiger partial charge is 0.0794 e. The SMILES string of the molecule is Cn1cc(NCc2cncs2)cn1. The Morgan fingerprint density at radius 2 is 2.46 bits per heavy atom. The van der Waals surface area contributed by atoms with E-state index in [1.807, 2.05) is 25.0 Å². The average molecular weight is 194 g/mol. The van der Waals surface area contributed by atoms with Gasteiger partial charge in [-0.15, -0.1) is 11.3 Å². The number of hydrogen-bond donors (Lipinski definition) is 1. The number of thiazole rings is 1. The highest BCUT2D eigenvalue weighted by molar-refractivity contribution is 7.09. The summed E-state index contributed by atoms with van der Waals surface area (Å²) in [5.74, 6) is 0. The van der Waals surface area contributed by atoms with E-state index in [0.717, 1.165) is 12.2 Å². The molecule has 0 aliphatic heterocycles. The molecule has 4 nitrogen and oxygen atoms in total. The number of aryl methyl sites for hydroxylation is 1. The van der Waals surface area contributed by atoms with Crippen LogP contribution < -0.4 is 5.32 Å². The van der Waals surface area contributed by atoms with Crippen LogP contribution >= 0.6 is 11.3 Å². The minimum absolute atomic E-state index is 0.816. The van der Waals surface area contributed by atoms with E-state index in [4.69, 9.17) is 0 Å². The zero-order valence-corrected chi connectivity index (χ0v) is 8.08. The molecule has 0 aliphatic rings. The third-order valence-corrected chi connectivity index (χ3v) is 2.43. The van der Waals surface area contributed by atoms with Crippen molar-refractivity contribution in [3.05, 3.63) is 29.0 Å². The van der Waals surface area contributed by atoms with Gasteiger partial charge in [-0.05, 0) is 0 Å². The second-order valence-corrected chi connectivity index (χ2v) is 3.69. The monoisotopic (exact) mass is 194 g/mol. The average Bonchev–Trinajstić information content (AvgIpc) is 2.71. The van der Waals surface area contributed by atoms with Crippen LogP contribution in [0.25, 0.3) is 0 Å². The first-order valence-corrected chi connectivity index (χ1v) is 4.82. The van der Waals surface area contributed by atoms with Crippen LogP contribution in [0.15, 0.2) is 24.1 Å². The summed E-state index contributed by atoms with van der Waals surface area (Å²) in [6.07, 6.45) is 5.62. The van der Waals surface area contributed by atoms with Crippen molar-refractivity contribution in [3.63, 3.8) is 0 Å². The molecule has 0 bridgehead atoms. The van der Waals surface area contributed by atoms with Crippen molar-refractivity contribution in [2.75, 3.05) is 5.32 Å². The van der Waals surface area contributed by atoms with Gasteiger partial charge in [0.1, 0.15) is 0 Å². The Kier molecular flexibility index (Phi) is 2.27. The van der Waals surface area contributed by atoms with Crippen molar-refractivity contribution in [2.24, 2.45) is 7.05 Å². The summed E-state index contributed by atoms with van der Waals surface area (Å²) in [5.41, 5.74) is 2.87. The number of aromatic nitrogens is 3. The lowest BCUT2D eigenvalue weighted by molar-refractivity contribution is 0.768. The fourth-order valence-corrected chi connectivity index (χ4v) is 1.57. The van der Waals surface area contributed by atoms with Crippen molar-refractivity contribution < 1.29 is 0 Å². The van der Waals surface area contributed by atoms with Gasteiger partial charge in [-0.3, -0.25) is 9.67 Å². The number of nitrogens with one attached hydrogen (secondary N) is 1. The molecule has 13 heavy (non-hydrogen) atoms. The Morgan fingerprint density at radius 1 is 1.54 bits per heavy atom. The molecule has 5 heteroatoms. The maximum Gasteiger partial charge on any atom is 0.0794 e. The van der Waals surface area contributed by atoms with Gasteiger partial charge in [0.05, 0.1) is 23.9 Å². The highest BCUT2D eigenvalue weighted by atomic mass is 32.1. The van der Waals surface area contributed by atoms with Crippen LogP contribution in [0.4, 0.5) is 5.69 Å². The molecule has 0 radical (unpaired) electrons.